The van der Waals surface area contributed by atoms with Gasteiger partial charge in [0.05, 0.1) is 5.54 Å². The zero-order valence-electron chi connectivity index (χ0n) is 22.4. The second-order valence-corrected chi connectivity index (χ2v) is 13.8. The molecule has 0 radical (unpaired) electrons. The quantitative estimate of drug-likeness (QED) is 0.176. The van der Waals surface area contributed by atoms with Crippen LogP contribution in [0.5, 0.6) is 0 Å². The molecule has 0 aliphatic heterocycles. The van der Waals surface area contributed by atoms with Crippen molar-refractivity contribution < 1.29 is 0 Å². The molecule has 6 heteroatoms. The molecule has 0 saturated carbocycles. The van der Waals surface area contributed by atoms with Gasteiger partial charge >= 0.3 is 0 Å². The first-order chi connectivity index (χ1) is 20.4. The lowest BCUT2D eigenvalue weighted by atomic mass is 9.81. The van der Waals surface area contributed by atoms with Gasteiger partial charge in [0.15, 0.2) is 0 Å². The summed E-state index contributed by atoms with van der Waals surface area (Å²) in [4.78, 5) is 2.27. The van der Waals surface area contributed by atoms with Crippen molar-refractivity contribution >= 4 is 92.0 Å². The number of anilines is 4. The third-order valence-corrected chi connectivity index (χ3v) is 9.51. The van der Waals surface area contributed by atoms with Crippen LogP contribution in [0.3, 0.4) is 0 Å². The Bertz CT molecular complexity index is 1680. The summed E-state index contributed by atoms with van der Waals surface area (Å²) in [5.74, 6) is 0. The van der Waals surface area contributed by atoms with Crippen molar-refractivity contribution in [3.05, 3.63) is 169 Å². The van der Waals surface area contributed by atoms with Crippen LogP contribution in [0.2, 0.25) is 0 Å². The van der Waals surface area contributed by atoms with Crippen molar-refractivity contribution in [3.63, 3.8) is 0 Å². The Balaban J connectivity index is 1.30. The average molecular weight is 806 g/mol. The molecule has 1 N–H and O–H groups in total. The Labute approximate surface area is 280 Å². The van der Waals surface area contributed by atoms with Crippen molar-refractivity contribution in [2.75, 3.05) is 10.2 Å². The van der Waals surface area contributed by atoms with Gasteiger partial charge in [-0.15, -0.1) is 0 Å². The molecular formula is C36H26Br4N2. The van der Waals surface area contributed by atoms with Gasteiger partial charge in [0.1, 0.15) is 0 Å². The van der Waals surface area contributed by atoms with Crippen LogP contribution in [0.4, 0.5) is 22.7 Å². The Morgan fingerprint density at radius 1 is 0.524 bits per heavy atom. The highest BCUT2D eigenvalue weighted by Gasteiger charge is 2.31. The Kier molecular flexibility index (Phi) is 8.87. The van der Waals surface area contributed by atoms with Crippen LogP contribution in [-0.4, -0.2) is 0 Å². The third kappa shape index (κ3) is 6.52. The molecule has 0 bridgehead atoms. The van der Waals surface area contributed by atoms with E-state index in [0.717, 1.165) is 47.1 Å². The van der Waals surface area contributed by atoms with Gasteiger partial charge in [-0.3, -0.25) is 0 Å². The van der Waals surface area contributed by atoms with Crippen LogP contribution in [0.1, 0.15) is 17.5 Å². The maximum absolute atomic E-state index is 3.82. The molecule has 5 aromatic rings. The lowest BCUT2D eigenvalue weighted by molar-refractivity contribution is 0.619. The SMILES string of the molecule is Brc1ccc(NC2(c3ccc(Br)cc3)C=CC(c3ccc(N(c4ccc(Br)cc4)c4ccc(Br)cc4)cc3)=CC2)cc1. The Morgan fingerprint density at radius 3 is 1.40 bits per heavy atom. The zero-order chi connectivity index (χ0) is 29.1. The summed E-state index contributed by atoms with van der Waals surface area (Å²) in [5.41, 5.74) is 7.65. The summed E-state index contributed by atoms with van der Waals surface area (Å²) in [6.07, 6.45) is 7.71. The molecule has 0 spiro atoms. The molecule has 0 amide bonds. The highest BCUT2D eigenvalue weighted by atomic mass is 79.9. The lowest BCUT2D eigenvalue weighted by Gasteiger charge is -2.35. The van der Waals surface area contributed by atoms with Crippen LogP contribution < -0.4 is 10.2 Å². The number of halogens is 4. The molecule has 42 heavy (non-hydrogen) atoms. The molecule has 0 saturated heterocycles. The minimum Gasteiger partial charge on any atom is -0.372 e. The van der Waals surface area contributed by atoms with Gasteiger partial charge in [0, 0.05) is 40.6 Å². The molecule has 1 aliphatic rings. The summed E-state index contributed by atoms with van der Waals surface area (Å²) in [6.45, 7) is 0. The number of hydrogen-bond acceptors (Lipinski definition) is 2. The van der Waals surface area contributed by atoms with Crippen molar-refractivity contribution in [2.45, 2.75) is 12.0 Å². The standard InChI is InChI=1S/C36H26Br4N2/c37-28-5-3-27(4-6-28)36(41-32-13-7-29(38)8-14-32)23-21-26(22-24-36)25-1-15-33(16-2-25)42(34-17-9-30(39)10-18-34)35-19-11-31(40)12-20-35/h1-23,41H,24H2. The van der Waals surface area contributed by atoms with E-state index in [1.165, 1.54) is 16.7 Å². The molecule has 6 rings (SSSR count). The van der Waals surface area contributed by atoms with E-state index in [0.29, 0.717) is 0 Å². The van der Waals surface area contributed by atoms with Crippen LogP contribution >= 0.6 is 63.7 Å². The van der Waals surface area contributed by atoms with Gasteiger partial charge in [-0.25, -0.2) is 0 Å². The van der Waals surface area contributed by atoms with Crippen LogP contribution in [0.15, 0.2) is 157 Å². The lowest BCUT2D eigenvalue weighted by Crippen LogP contribution is -2.34. The first-order valence-electron chi connectivity index (χ1n) is 13.5. The van der Waals surface area contributed by atoms with E-state index < -0.39 is 0 Å². The van der Waals surface area contributed by atoms with Gasteiger partial charge in [-0.05, 0) is 120 Å². The van der Waals surface area contributed by atoms with Gasteiger partial charge in [-0.2, -0.15) is 0 Å². The molecule has 2 nitrogen and oxygen atoms in total. The Morgan fingerprint density at radius 2 is 0.952 bits per heavy atom. The second-order valence-electron chi connectivity index (χ2n) is 10.1. The van der Waals surface area contributed by atoms with Crippen LogP contribution in [0.25, 0.3) is 5.57 Å². The maximum atomic E-state index is 3.82. The van der Waals surface area contributed by atoms with Crippen LogP contribution in [-0.2, 0) is 5.54 Å². The average Bonchev–Trinajstić information content (AvgIpc) is 3.01. The molecule has 208 valence electrons. The summed E-state index contributed by atoms with van der Waals surface area (Å²) in [6, 6.07) is 42.6. The smallest absolute Gasteiger partial charge is 0.0847 e. The fraction of sp³-hybridized carbons (Fsp3) is 0.0556. The van der Waals surface area contributed by atoms with Crippen molar-refractivity contribution in [1.82, 2.24) is 0 Å². The summed E-state index contributed by atoms with van der Waals surface area (Å²) < 4.78 is 4.25. The summed E-state index contributed by atoms with van der Waals surface area (Å²) in [7, 11) is 0. The van der Waals surface area contributed by atoms with E-state index in [9.17, 15) is 0 Å². The Hall–Kier alpha value is -2.90. The second kappa shape index (κ2) is 12.8. The third-order valence-electron chi connectivity index (χ3n) is 7.39. The first kappa shape index (κ1) is 29.2. The van der Waals surface area contributed by atoms with E-state index in [4.69, 9.17) is 0 Å². The fourth-order valence-corrected chi connectivity index (χ4v) is 6.26. The minimum atomic E-state index is -0.349. The fourth-order valence-electron chi connectivity index (χ4n) is 5.20. The van der Waals surface area contributed by atoms with Crippen molar-refractivity contribution in [3.8, 4) is 0 Å². The molecule has 0 aromatic heterocycles. The number of nitrogens with zero attached hydrogens (tertiary/aromatic N) is 1. The number of benzene rings is 5. The van der Waals surface area contributed by atoms with E-state index in [2.05, 4.69) is 213 Å². The number of hydrogen-bond donors (Lipinski definition) is 1. The molecule has 1 unspecified atom stereocenters. The van der Waals surface area contributed by atoms with Gasteiger partial charge in [0.25, 0.3) is 0 Å². The van der Waals surface area contributed by atoms with E-state index >= 15 is 0 Å². The number of rotatable bonds is 7. The number of nitrogens with one attached hydrogen (secondary N) is 1. The highest BCUT2D eigenvalue weighted by Crippen LogP contribution is 2.40. The van der Waals surface area contributed by atoms with Gasteiger partial charge in [0.2, 0.25) is 0 Å². The normalized spacial score (nSPS) is 16.1. The molecule has 0 heterocycles. The molecular weight excluding hydrogens is 780 g/mol. The summed E-state index contributed by atoms with van der Waals surface area (Å²) in [5, 5.41) is 3.82. The van der Waals surface area contributed by atoms with Crippen molar-refractivity contribution in [1.29, 1.82) is 0 Å². The van der Waals surface area contributed by atoms with Gasteiger partial charge in [-0.1, -0.05) is 106 Å². The predicted molar refractivity (Wildman–Crippen MR) is 192 cm³/mol. The highest BCUT2D eigenvalue weighted by molar-refractivity contribution is 9.11. The monoisotopic (exact) mass is 802 g/mol. The molecule has 5 aromatic carbocycles. The predicted octanol–water partition coefficient (Wildman–Crippen LogP) is 12.6. The zero-order valence-corrected chi connectivity index (χ0v) is 28.8. The minimum absolute atomic E-state index is 0.349. The van der Waals surface area contributed by atoms with E-state index in [-0.39, 0.29) is 5.54 Å². The molecule has 0 fully saturated rings. The van der Waals surface area contributed by atoms with E-state index in [1.807, 2.05) is 0 Å². The van der Waals surface area contributed by atoms with E-state index in [1.54, 1.807) is 0 Å². The topological polar surface area (TPSA) is 15.3 Å². The van der Waals surface area contributed by atoms with Gasteiger partial charge < -0.3 is 10.2 Å². The molecule has 1 atom stereocenters. The van der Waals surface area contributed by atoms with Crippen molar-refractivity contribution in [2.24, 2.45) is 0 Å². The summed E-state index contributed by atoms with van der Waals surface area (Å²) >= 11 is 14.3. The number of allylic oxidation sites excluding steroid dienone is 2. The largest absolute Gasteiger partial charge is 0.372 e. The molecule has 1 aliphatic carbocycles. The maximum Gasteiger partial charge on any atom is 0.0847 e. The first-order valence-corrected chi connectivity index (χ1v) is 16.7. The van der Waals surface area contributed by atoms with Crippen LogP contribution in [0, 0.1) is 0 Å².